The van der Waals surface area contributed by atoms with E-state index in [-0.39, 0.29) is 6.04 Å². The van der Waals surface area contributed by atoms with E-state index in [1.165, 1.54) is 0 Å². The molecule has 0 saturated carbocycles. The smallest absolute Gasteiger partial charge is 0.299 e. The van der Waals surface area contributed by atoms with Gasteiger partial charge in [-0.1, -0.05) is 24.3 Å². The van der Waals surface area contributed by atoms with Gasteiger partial charge in [-0.15, -0.1) is 6.58 Å². The van der Waals surface area contributed by atoms with Crippen LogP contribution < -0.4 is 0 Å². The Morgan fingerprint density at radius 2 is 2.07 bits per heavy atom. The Morgan fingerprint density at radius 1 is 1.43 bits per heavy atom. The van der Waals surface area contributed by atoms with Gasteiger partial charge in [0, 0.05) is 15.8 Å². The molecular formula is C11H14NOS+. The van der Waals surface area contributed by atoms with Crippen molar-refractivity contribution in [3.8, 4) is 0 Å². The second kappa shape index (κ2) is 4.98. The molecule has 0 fully saturated rings. The molecule has 0 aliphatic rings. The minimum absolute atomic E-state index is 0.104. The van der Waals surface area contributed by atoms with Crippen molar-refractivity contribution in [2.24, 2.45) is 0 Å². The maximum atomic E-state index is 10.9. The summed E-state index contributed by atoms with van der Waals surface area (Å²) in [4.78, 5) is 2.80. The first-order valence-corrected chi connectivity index (χ1v) is 5.12. The van der Waals surface area contributed by atoms with Crippen molar-refractivity contribution in [3.63, 3.8) is 0 Å². The Hall–Kier alpha value is -1.06. The Bertz CT molecular complexity index is 336. The fourth-order valence-electron chi connectivity index (χ4n) is 1.42. The van der Waals surface area contributed by atoms with Crippen molar-refractivity contribution >= 4 is 11.7 Å². The summed E-state index contributed by atoms with van der Waals surface area (Å²) in [5.41, 5.74) is 1.02. The number of hydrogen-bond acceptors (Lipinski definition) is 2. The van der Waals surface area contributed by atoms with Gasteiger partial charge in [0.2, 0.25) is 0 Å². The minimum Gasteiger partial charge on any atom is -0.299 e. The lowest BCUT2D eigenvalue weighted by molar-refractivity contribution is 0.348. The van der Waals surface area contributed by atoms with Crippen molar-refractivity contribution in [1.82, 2.24) is 4.90 Å². The molecule has 1 rings (SSSR count). The standard InChI is InChI=1S/C11H14NOS/c1-4-10(12(2)3)9-7-5-6-8-11(9)14-13/h4-8,10H,1H2,2-3H3/q+1. The second-order valence-corrected chi connectivity index (χ2v) is 3.87. The summed E-state index contributed by atoms with van der Waals surface area (Å²) in [6, 6.07) is 7.72. The zero-order chi connectivity index (χ0) is 10.6. The Labute approximate surface area is 88.7 Å². The molecule has 0 N–H and O–H groups in total. The van der Waals surface area contributed by atoms with E-state index >= 15 is 0 Å². The van der Waals surface area contributed by atoms with Crippen molar-refractivity contribution < 1.29 is 4.21 Å². The summed E-state index contributed by atoms with van der Waals surface area (Å²) < 4.78 is 10.9. The van der Waals surface area contributed by atoms with E-state index in [1.807, 2.05) is 49.3 Å². The molecule has 2 nitrogen and oxygen atoms in total. The van der Waals surface area contributed by atoms with E-state index in [0.717, 1.165) is 10.5 Å². The number of benzene rings is 1. The van der Waals surface area contributed by atoms with E-state index in [9.17, 15) is 4.21 Å². The average molecular weight is 208 g/mol. The first-order chi connectivity index (χ1) is 6.70. The van der Waals surface area contributed by atoms with Gasteiger partial charge in [-0.25, -0.2) is 0 Å². The molecule has 0 saturated heterocycles. The lowest BCUT2D eigenvalue weighted by Gasteiger charge is -2.19. The molecule has 3 heteroatoms. The van der Waals surface area contributed by atoms with Gasteiger partial charge in [0.1, 0.15) is 0 Å². The van der Waals surface area contributed by atoms with E-state index in [2.05, 4.69) is 6.58 Å². The Kier molecular flexibility index (Phi) is 3.92. The maximum Gasteiger partial charge on any atom is 0.505 e. The average Bonchev–Trinajstić information content (AvgIpc) is 2.19. The number of nitrogens with zero attached hydrogens (tertiary/aromatic N) is 1. The van der Waals surface area contributed by atoms with Gasteiger partial charge in [0.05, 0.1) is 6.04 Å². The van der Waals surface area contributed by atoms with Crippen LogP contribution in [-0.2, 0) is 15.9 Å². The monoisotopic (exact) mass is 208 g/mol. The molecular weight excluding hydrogens is 194 g/mol. The molecule has 0 bridgehead atoms. The van der Waals surface area contributed by atoms with Crippen molar-refractivity contribution in [3.05, 3.63) is 42.5 Å². The summed E-state index contributed by atoms with van der Waals surface area (Å²) in [5, 5.41) is 0. The molecule has 1 unspecified atom stereocenters. The van der Waals surface area contributed by atoms with Crippen LogP contribution in [-0.4, -0.2) is 19.0 Å². The van der Waals surface area contributed by atoms with Crippen molar-refractivity contribution in [2.75, 3.05) is 14.1 Å². The van der Waals surface area contributed by atoms with E-state index in [1.54, 1.807) is 0 Å². The molecule has 0 aliphatic carbocycles. The normalized spacial score (nSPS) is 12.5. The van der Waals surface area contributed by atoms with Gasteiger partial charge in [0.15, 0.2) is 0 Å². The molecule has 74 valence electrons. The van der Waals surface area contributed by atoms with Crippen molar-refractivity contribution in [2.45, 2.75) is 10.9 Å². The third-order valence-corrected chi connectivity index (χ3v) is 2.66. The van der Waals surface area contributed by atoms with E-state index in [0.29, 0.717) is 11.7 Å². The predicted molar refractivity (Wildman–Crippen MR) is 59.4 cm³/mol. The van der Waals surface area contributed by atoms with Crippen molar-refractivity contribution in [1.29, 1.82) is 0 Å². The summed E-state index contributed by atoms with van der Waals surface area (Å²) in [5.74, 6) is 0. The first kappa shape index (κ1) is 11.0. The van der Waals surface area contributed by atoms with Gasteiger partial charge in [0.25, 0.3) is 4.90 Å². The van der Waals surface area contributed by atoms with Crippen LogP contribution in [0, 0.1) is 0 Å². The lowest BCUT2D eigenvalue weighted by Crippen LogP contribution is -2.18. The molecule has 0 spiro atoms. The molecule has 0 radical (unpaired) electrons. The molecule has 1 atom stereocenters. The van der Waals surface area contributed by atoms with Gasteiger partial charge >= 0.3 is 11.7 Å². The minimum atomic E-state index is 0.104. The highest BCUT2D eigenvalue weighted by atomic mass is 32.1. The third kappa shape index (κ3) is 2.25. The first-order valence-electron chi connectivity index (χ1n) is 4.38. The topological polar surface area (TPSA) is 20.3 Å². The van der Waals surface area contributed by atoms with Gasteiger partial charge < -0.3 is 0 Å². The van der Waals surface area contributed by atoms with Crippen LogP contribution in [0.4, 0.5) is 0 Å². The third-order valence-electron chi connectivity index (χ3n) is 2.11. The van der Waals surface area contributed by atoms with Crippen LogP contribution in [0.25, 0.3) is 0 Å². The molecule has 0 heterocycles. The highest BCUT2D eigenvalue weighted by molar-refractivity contribution is 7.65. The molecule has 14 heavy (non-hydrogen) atoms. The van der Waals surface area contributed by atoms with Crippen LogP contribution in [0.1, 0.15) is 11.6 Å². The van der Waals surface area contributed by atoms with Gasteiger partial charge in [-0.3, -0.25) is 4.90 Å². The largest absolute Gasteiger partial charge is 0.505 e. The van der Waals surface area contributed by atoms with Crippen LogP contribution in [0.15, 0.2) is 41.8 Å². The quantitative estimate of drug-likeness (QED) is 0.559. The van der Waals surface area contributed by atoms with Gasteiger partial charge in [-0.05, 0) is 14.1 Å². The summed E-state index contributed by atoms with van der Waals surface area (Å²) in [6.07, 6.45) is 1.84. The molecule has 0 amide bonds. The molecule has 0 aromatic heterocycles. The second-order valence-electron chi connectivity index (χ2n) is 3.27. The van der Waals surface area contributed by atoms with Crippen LogP contribution in [0.3, 0.4) is 0 Å². The maximum absolute atomic E-state index is 10.9. The zero-order valence-corrected chi connectivity index (χ0v) is 9.25. The Morgan fingerprint density at radius 3 is 2.57 bits per heavy atom. The molecule has 1 aromatic rings. The number of likely N-dealkylation sites (N-methyl/N-ethyl adjacent to an activating group) is 1. The predicted octanol–water partition coefficient (Wildman–Crippen LogP) is 2.26. The molecule has 0 aliphatic heterocycles. The Balaban J connectivity index is 3.14. The van der Waals surface area contributed by atoms with E-state index < -0.39 is 0 Å². The lowest BCUT2D eigenvalue weighted by atomic mass is 10.1. The van der Waals surface area contributed by atoms with Crippen LogP contribution in [0.5, 0.6) is 0 Å². The zero-order valence-electron chi connectivity index (χ0n) is 8.43. The highest BCUT2D eigenvalue weighted by Crippen LogP contribution is 2.23. The van der Waals surface area contributed by atoms with Gasteiger partial charge in [-0.2, -0.15) is 0 Å². The highest BCUT2D eigenvalue weighted by Gasteiger charge is 2.20. The summed E-state index contributed by atoms with van der Waals surface area (Å²) in [7, 11) is 3.94. The fourth-order valence-corrected chi connectivity index (χ4v) is 1.84. The SMILES string of the molecule is C=CC(c1ccccc1[S+]=O)N(C)C. The van der Waals surface area contributed by atoms with Crippen LogP contribution >= 0.6 is 0 Å². The number of rotatable bonds is 4. The van der Waals surface area contributed by atoms with Crippen LogP contribution in [0.2, 0.25) is 0 Å². The summed E-state index contributed by atoms with van der Waals surface area (Å²) >= 11 is 0.532. The fraction of sp³-hybridized carbons (Fsp3) is 0.273. The van der Waals surface area contributed by atoms with E-state index in [4.69, 9.17) is 0 Å². The molecule has 1 aromatic carbocycles. The summed E-state index contributed by atoms with van der Waals surface area (Å²) in [6.45, 7) is 3.78. The number of hydrogen-bond donors (Lipinski definition) is 0.